The minimum Gasteiger partial charge on any atom is -0.456 e. The van der Waals surface area contributed by atoms with Crippen molar-refractivity contribution in [2.45, 2.75) is 68.4 Å². The fourth-order valence-electron chi connectivity index (χ4n) is 5.06. The molecule has 4 heterocycles. The molecule has 4 saturated heterocycles. The highest BCUT2D eigenvalue weighted by atomic mass is 16.6. The maximum Gasteiger partial charge on any atom is 0.334 e. The third-order valence-corrected chi connectivity index (χ3v) is 6.22. The number of ether oxygens (including phenoxy) is 3. The van der Waals surface area contributed by atoms with Gasteiger partial charge < -0.3 is 19.1 Å². The van der Waals surface area contributed by atoms with Crippen molar-refractivity contribution in [2.75, 3.05) is 7.11 Å². The van der Waals surface area contributed by atoms with Crippen LogP contribution in [0.25, 0.3) is 0 Å². The molecule has 4 fully saturated rings. The van der Waals surface area contributed by atoms with Crippen LogP contribution in [0.1, 0.15) is 38.5 Å². The Bertz CT molecular complexity index is 681. The van der Waals surface area contributed by atoms with Gasteiger partial charge >= 0.3 is 11.9 Å². The zero-order valence-corrected chi connectivity index (χ0v) is 14.9. The molecule has 0 aliphatic carbocycles. The van der Waals surface area contributed by atoms with Crippen molar-refractivity contribution in [2.24, 2.45) is 0 Å². The van der Waals surface area contributed by atoms with Gasteiger partial charge in [0.2, 0.25) is 5.91 Å². The minimum atomic E-state index is -0.913. The molecule has 0 saturated carbocycles. The predicted octanol–water partition coefficient (Wildman–Crippen LogP) is 1.27. The highest BCUT2D eigenvalue weighted by Gasteiger charge is 2.62. The van der Waals surface area contributed by atoms with Crippen LogP contribution < -0.4 is 0 Å². The fourth-order valence-corrected chi connectivity index (χ4v) is 5.06. The second kappa shape index (κ2) is 5.94. The van der Waals surface area contributed by atoms with Gasteiger partial charge in [-0.15, -0.1) is 0 Å². The number of hydrogen-bond acceptors (Lipinski definition) is 6. The lowest BCUT2D eigenvalue weighted by Gasteiger charge is -2.42. The van der Waals surface area contributed by atoms with E-state index in [-0.39, 0.29) is 30.2 Å². The van der Waals surface area contributed by atoms with E-state index in [0.717, 1.165) is 0 Å². The second-order valence-corrected chi connectivity index (χ2v) is 7.60. The van der Waals surface area contributed by atoms with Crippen LogP contribution in [0.3, 0.4) is 0 Å². The number of amides is 1. The molecule has 0 unspecified atom stereocenters. The number of rotatable bonds is 2. The van der Waals surface area contributed by atoms with Gasteiger partial charge in [-0.25, -0.2) is 9.59 Å². The van der Waals surface area contributed by atoms with Crippen LogP contribution in [0.15, 0.2) is 24.3 Å². The molecule has 0 bridgehead atoms. The molecule has 4 rings (SSSR count). The number of fused-ring (bicyclic) bond motifs is 2. The molecule has 0 aromatic carbocycles. The lowest BCUT2D eigenvalue weighted by Crippen LogP contribution is -2.58. The Labute approximate surface area is 151 Å². The molecule has 140 valence electrons. The molecule has 0 radical (unpaired) electrons. The summed E-state index contributed by atoms with van der Waals surface area (Å²) in [6.45, 7) is 7.55. The number of nitrogens with zero attached hydrogens (tertiary/aromatic N) is 1. The monoisotopic (exact) mass is 361 g/mol. The summed E-state index contributed by atoms with van der Waals surface area (Å²) in [5.74, 6) is -0.838. The van der Waals surface area contributed by atoms with Crippen molar-refractivity contribution < 1.29 is 28.6 Å². The van der Waals surface area contributed by atoms with E-state index in [9.17, 15) is 14.4 Å². The van der Waals surface area contributed by atoms with Crippen LogP contribution in [0.4, 0.5) is 0 Å². The van der Waals surface area contributed by atoms with E-state index in [1.165, 1.54) is 0 Å². The van der Waals surface area contributed by atoms with Crippen molar-refractivity contribution in [1.29, 1.82) is 0 Å². The molecule has 1 spiro atoms. The summed E-state index contributed by atoms with van der Waals surface area (Å²) in [7, 11) is 1.58. The summed E-state index contributed by atoms with van der Waals surface area (Å²) in [5.41, 5.74) is -0.0694. The molecule has 7 heteroatoms. The first kappa shape index (κ1) is 17.3. The number of carbonyl (C=O) groups excluding carboxylic acids is 3. The number of cyclic esters (lactones) is 1. The van der Waals surface area contributed by atoms with Gasteiger partial charge in [-0.3, -0.25) is 4.79 Å². The average Bonchev–Trinajstić information content (AvgIpc) is 3.24. The van der Waals surface area contributed by atoms with E-state index in [0.29, 0.717) is 49.7 Å². The van der Waals surface area contributed by atoms with Gasteiger partial charge in [0, 0.05) is 37.5 Å². The molecule has 1 amide bonds. The molecule has 4 aliphatic heterocycles. The van der Waals surface area contributed by atoms with Crippen LogP contribution >= 0.6 is 0 Å². The van der Waals surface area contributed by atoms with Gasteiger partial charge in [-0.2, -0.15) is 0 Å². The molecular weight excluding hydrogens is 338 g/mol. The summed E-state index contributed by atoms with van der Waals surface area (Å²) < 4.78 is 16.9. The Kier molecular flexibility index (Phi) is 3.95. The van der Waals surface area contributed by atoms with Crippen LogP contribution in [0, 0.1) is 0 Å². The van der Waals surface area contributed by atoms with Gasteiger partial charge in [-0.05, 0) is 19.3 Å². The van der Waals surface area contributed by atoms with Crippen molar-refractivity contribution in [1.82, 2.24) is 4.90 Å². The predicted molar refractivity (Wildman–Crippen MR) is 89.9 cm³/mol. The quantitative estimate of drug-likeness (QED) is 0.544. The Morgan fingerprint density at radius 1 is 1.12 bits per heavy atom. The smallest absolute Gasteiger partial charge is 0.334 e. The summed E-state index contributed by atoms with van der Waals surface area (Å²) in [5, 5.41) is 0. The van der Waals surface area contributed by atoms with Crippen LogP contribution in [-0.2, 0) is 28.6 Å². The minimum absolute atomic E-state index is 0.0152. The van der Waals surface area contributed by atoms with E-state index in [1.807, 2.05) is 0 Å². The number of esters is 2. The average molecular weight is 361 g/mol. The van der Waals surface area contributed by atoms with Crippen molar-refractivity contribution >= 4 is 17.8 Å². The highest BCUT2D eigenvalue weighted by molar-refractivity contribution is 5.91. The van der Waals surface area contributed by atoms with E-state index in [2.05, 4.69) is 13.2 Å². The second-order valence-electron chi connectivity index (χ2n) is 7.60. The standard InChI is InChI=1S/C19H23NO6/c1-10-8-13(25-17(10)22)12-4-5-14-19(9-11(2)18(23)26-19)15(24-3)6-7-16(21)20(12)14/h12-15H,1-2,4-9H2,3H3/t12-,13-,14-,15+,19+/m0/s1. The van der Waals surface area contributed by atoms with Crippen molar-refractivity contribution in [3.63, 3.8) is 0 Å². The molecule has 26 heavy (non-hydrogen) atoms. The third-order valence-electron chi connectivity index (χ3n) is 6.22. The Morgan fingerprint density at radius 3 is 2.46 bits per heavy atom. The van der Waals surface area contributed by atoms with E-state index < -0.39 is 17.5 Å². The molecular formula is C19H23NO6. The van der Waals surface area contributed by atoms with Gasteiger partial charge in [0.05, 0.1) is 18.2 Å². The maximum atomic E-state index is 12.9. The summed E-state index contributed by atoms with van der Waals surface area (Å²) in [6, 6.07) is -0.529. The lowest BCUT2D eigenvalue weighted by atomic mass is 9.82. The number of methoxy groups -OCH3 is 1. The van der Waals surface area contributed by atoms with Gasteiger partial charge in [0.1, 0.15) is 6.10 Å². The van der Waals surface area contributed by atoms with Gasteiger partial charge in [0.15, 0.2) is 5.60 Å². The van der Waals surface area contributed by atoms with Crippen molar-refractivity contribution in [3.8, 4) is 0 Å². The highest BCUT2D eigenvalue weighted by Crippen LogP contribution is 2.48. The van der Waals surface area contributed by atoms with Gasteiger partial charge in [-0.1, -0.05) is 13.2 Å². The molecule has 0 aromatic heterocycles. The number of hydrogen-bond donors (Lipinski definition) is 0. The first-order valence-electron chi connectivity index (χ1n) is 9.01. The van der Waals surface area contributed by atoms with Crippen LogP contribution in [-0.4, -0.2) is 59.7 Å². The zero-order valence-electron chi connectivity index (χ0n) is 14.9. The summed E-state index contributed by atoms with van der Waals surface area (Å²) in [4.78, 5) is 38.6. The number of carbonyl (C=O) groups is 3. The largest absolute Gasteiger partial charge is 0.456 e. The molecule has 5 atom stereocenters. The Balaban J connectivity index is 1.70. The molecule has 7 nitrogen and oxygen atoms in total. The van der Waals surface area contributed by atoms with Crippen LogP contribution in [0.2, 0.25) is 0 Å². The fraction of sp³-hybridized carbons (Fsp3) is 0.632. The topological polar surface area (TPSA) is 82.1 Å². The Hall–Kier alpha value is -2.15. The van der Waals surface area contributed by atoms with Gasteiger partial charge in [0.25, 0.3) is 0 Å². The molecule has 0 aromatic rings. The third kappa shape index (κ3) is 2.33. The summed E-state index contributed by atoms with van der Waals surface area (Å²) >= 11 is 0. The molecule has 4 aliphatic rings. The molecule has 0 N–H and O–H groups in total. The van der Waals surface area contributed by atoms with Crippen LogP contribution in [0.5, 0.6) is 0 Å². The van der Waals surface area contributed by atoms with Crippen molar-refractivity contribution in [3.05, 3.63) is 24.3 Å². The zero-order chi connectivity index (χ0) is 18.6. The van der Waals surface area contributed by atoms with E-state index >= 15 is 0 Å². The summed E-state index contributed by atoms with van der Waals surface area (Å²) in [6.07, 6.45) is 2.15. The normalized spacial score (nSPS) is 40.0. The maximum absolute atomic E-state index is 12.9. The SMILES string of the molecule is C=C1C[C@@H]([C@@H]2CC[C@@H]3N2C(=O)CC[C@@H](OC)[C@@]32CC(=C)C(=O)O2)OC1=O. The first-order valence-corrected chi connectivity index (χ1v) is 9.01. The Morgan fingerprint density at radius 2 is 1.88 bits per heavy atom. The van der Waals surface area contributed by atoms with E-state index in [1.54, 1.807) is 12.0 Å². The van der Waals surface area contributed by atoms with E-state index in [4.69, 9.17) is 14.2 Å². The first-order chi connectivity index (χ1) is 12.4. The lowest BCUT2D eigenvalue weighted by molar-refractivity contribution is -0.173.